The fourth-order valence-corrected chi connectivity index (χ4v) is 3.12. The lowest BCUT2D eigenvalue weighted by Gasteiger charge is -2.24. The first-order valence-corrected chi connectivity index (χ1v) is 7.98. The minimum absolute atomic E-state index is 0.0676. The number of ether oxygens (including phenoxy) is 2. The summed E-state index contributed by atoms with van der Waals surface area (Å²) in [5, 5.41) is 2.93. The van der Waals surface area contributed by atoms with E-state index in [4.69, 9.17) is 9.47 Å². The molecular weight excluding hydrogens is 304 g/mol. The Morgan fingerprint density at radius 3 is 2.75 bits per heavy atom. The van der Waals surface area contributed by atoms with E-state index in [0.29, 0.717) is 29.8 Å². The maximum atomic E-state index is 12.5. The predicted molar refractivity (Wildman–Crippen MR) is 95.1 cm³/mol. The molecule has 2 aromatic rings. The summed E-state index contributed by atoms with van der Waals surface area (Å²) < 4.78 is 10.5. The van der Waals surface area contributed by atoms with Gasteiger partial charge in [-0.25, -0.2) is 0 Å². The van der Waals surface area contributed by atoms with Gasteiger partial charge in [-0.1, -0.05) is 18.2 Å². The van der Waals surface area contributed by atoms with Crippen LogP contribution in [0.3, 0.4) is 0 Å². The summed E-state index contributed by atoms with van der Waals surface area (Å²) in [6.45, 7) is 2.45. The fraction of sp³-hybridized carbons (Fsp3) is 0.316. The van der Waals surface area contributed by atoms with Crippen LogP contribution in [-0.4, -0.2) is 32.7 Å². The number of benzene rings is 2. The molecule has 0 aromatic heterocycles. The highest BCUT2D eigenvalue weighted by atomic mass is 16.5. The summed E-state index contributed by atoms with van der Waals surface area (Å²) in [4.78, 5) is 14.6. The van der Waals surface area contributed by atoms with Crippen LogP contribution in [0.4, 0.5) is 11.4 Å². The van der Waals surface area contributed by atoms with E-state index in [1.54, 1.807) is 32.4 Å². The Balaban J connectivity index is 1.73. The van der Waals surface area contributed by atoms with E-state index in [9.17, 15) is 4.79 Å². The van der Waals surface area contributed by atoms with Crippen LogP contribution >= 0.6 is 0 Å². The van der Waals surface area contributed by atoms with Gasteiger partial charge in [-0.2, -0.15) is 0 Å². The summed E-state index contributed by atoms with van der Waals surface area (Å²) in [7, 11) is 3.17. The lowest BCUT2D eigenvalue weighted by molar-refractivity contribution is -0.115. The first-order valence-electron chi connectivity index (χ1n) is 7.98. The topological polar surface area (TPSA) is 50.8 Å². The molecule has 1 amide bonds. The average molecular weight is 326 g/mol. The maximum Gasteiger partial charge on any atom is 0.244 e. The van der Waals surface area contributed by atoms with Gasteiger partial charge in [0, 0.05) is 17.8 Å². The number of rotatable bonds is 5. The summed E-state index contributed by atoms with van der Waals surface area (Å²) in [5.74, 6) is 1.20. The molecule has 1 heterocycles. The van der Waals surface area contributed by atoms with Gasteiger partial charge in [-0.05, 0) is 37.1 Å². The van der Waals surface area contributed by atoms with Crippen molar-refractivity contribution >= 4 is 17.3 Å². The minimum Gasteiger partial charge on any atom is -0.497 e. The lowest BCUT2D eigenvalue weighted by atomic mass is 10.1. The summed E-state index contributed by atoms with van der Waals surface area (Å²) in [6.07, 6.45) is 0.968. The number of methoxy groups -OCH3 is 2. The maximum absolute atomic E-state index is 12.5. The monoisotopic (exact) mass is 326 g/mol. The van der Waals surface area contributed by atoms with Crippen molar-refractivity contribution in [1.29, 1.82) is 0 Å². The molecule has 3 rings (SSSR count). The van der Waals surface area contributed by atoms with E-state index in [2.05, 4.69) is 29.3 Å². The smallest absolute Gasteiger partial charge is 0.244 e. The van der Waals surface area contributed by atoms with E-state index in [1.807, 2.05) is 12.1 Å². The van der Waals surface area contributed by atoms with Gasteiger partial charge in [0.05, 0.1) is 26.5 Å². The molecule has 5 heteroatoms. The third-order valence-corrected chi connectivity index (χ3v) is 4.35. The molecule has 0 aliphatic carbocycles. The molecule has 0 saturated carbocycles. The second kappa shape index (κ2) is 6.83. The number of hydrogen-bond donors (Lipinski definition) is 1. The summed E-state index contributed by atoms with van der Waals surface area (Å²) in [6, 6.07) is 13.9. The van der Waals surface area contributed by atoms with Gasteiger partial charge < -0.3 is 19.7 Å². The van der Waals surface area contributed by atoms with Gasteiger partial charge in [-0.3, -0.25) is 4.79 Å². The third kappa shape index (κ3) is 3.15. The van der Waals surface area contributed by atoms with Gasteiger partial charge in [0.1, 0.15) is 11.5 Å². The second-order valence-corrected chi connectivity index (χ2v) is 5.92. The molecule has 0 saturated heterocycles. The van der Waals surface area contributed by atoms with Gasteiger partial charge in [0.2, 0.25) is 5.91 Å². The molecule has 0 spiro atoms. The Morgan fingerprint density at radius 1 is 1.21 bits per heavy atom. The van der Waals surface area contributed by atoms with Crippen molar-refractivity contribution in [1.82, 2.24) is 0 Å². The van der Waals surface area contributed by atoms with Gasteiger partial charge >= 0.3 is 0 Å². The predicted octanol–water partition coefficient (Wildman–Crippen LogP) is 3.09. The Labute approximate surface area is 142 Å². The standard InChI is InChI=1S/C19H22N2O3/c1-13-10-14-6-4-5-7-17(14)21(13)12-19(22)20-16-9-8-15(23-2)11-18(16)24-3/h4-9,11,13H,10,12H2,1-3H3,(H,20,22)/t13-/m1/s1. The number of amides is 1. The van der Waals surface area contributed by atoms with Crippen molar-refractivity contribution in [3.8, 4) is 11.5 Å². The Morgan fingerprint density at radius 2 is 2.00 bits per heavy atom. The molecule has 5 nitrogen and oxygen atoms in total. The van der Waals surface area contributed by atoms with E-state index < -0.39 is 0 Å². The highest BCUT2D eigenvalue weighted by Crippen LogP contribution is 2.32. The van der Waals surface area contributed by atoms with Crippen molar-refractivity contribution in [2.24, 2.45) is 0 Å². The van der Waals surface area contributed by atoms with E-state index in [1.165, 1.54) is 5.56 Å². The number of nitrogens with one attached hydrogen (secondary N) is 1. The zero-order valence-corrected chi connectivity index (χ0v) is 14.2. The molecule has 2 aromatic carbocycles. The van der Waals surface area contributed by atoms with Crippen molar-refractivity contribution in [3.63, 3.8) is 0 Å². The van der Waals surface area contributed by atoms with Crippen molar-refractivity contribution in [2.75, 3.05) is 31.0 Å². The summed E-state index contributed by atoms with van der Waals surface area (Å²) >= 11 is 0. The SMILES string of the molecule is COc1ccc(NC(=O)CN2c3ccccc3C[C@H]2C)c(OC)c1. The summed E-state index contributed by atoms with van der Waals surface area (Å²) in [5.41, 5.74) is 3.07. The number of hydrogen-bond acceptors (Lipinski definition) is 4. The molecule has 1 aliphatic rings. The van der Waals surface area contributed by atoms with Crippen LogP contribution in [0.15, 0.2) is 42.5 Å². The number of carbonyl (C=O) groups is 1. The molecule has 0 bridgehead atoms. The van der Waals surface area contributed by atoms with Crippen LogP contribution in [0.5, 0.6) is 11.5 Å². The molecule has 0 radical (unpaired) electrons. The second-order valence-electron chi connectivity index (χ2n) is 5.92. The molecule has 126 valence electrons. The largest absolute Gasteiger partial charge is 0.497 e. The minimum atomic E-state index is -0.0676. The Bertz CT molecular complexity index is 745. The van der Waals surface area contributed by atoms with Gasteiger partial charge in [0.15, 0.2) is 0 Å². The Kier molecular flexibility index (Phi) is 4.60. The zero-order valence-electron chi connectivity index (χ0n) is 14.2. The third-order valence-electron chi connectivity index (χ3n) is 4.35. The number of carbonyl (C=O) groups excluding carboxylic acids is 1. The highest BCUT2D eigenvalue weighted by molar-refractivity contribution is 5.96. The molecule has 0 fully saturated rings. The average Bonchev–Trinajstić information content (AvgIpc) is 2.91. The van der Waals surface area contributed by atoms with Crippen LogP contribution in [-0.2, 0) is 11.2 Å². The Hall–Kier alpha value is -2.69. The molecule has 0 unspecified atom stereocenters. The van der Waals surface area contributed by atoms with E-state index >= 15 is 0 Å². The van der Waals surface area contributed by atoms with Crippen LogP contribution < -0.4 is 19.7 Å². The molecule has 24 heavy (non-hydrogen) atoms. The number of nitrogens with zero attached hydrogens (tertiary/aromatic N) is 1. The molecular formula is C19H22N2O3. The highest BCUT2D eigenvalue weighted by Gasteiger charge is 2.27. The lowest BCUT2D eigenvalue weighted by Crippen LogP contribution is -2.37. The number of anilines is 2. The van der Waals surface area contributed by atoms with E-state index in [-0.39, 0.29) is 5.91 Å². The normalized spacial score (nSPS) is 15.8. The van der Waals surface area contributed by atoms with Crippen LogP contribution in [0.2, 0.25) is 0 Å². The first kappa shape index (κ1) is 16.2. The fourth-order valence-electron chi connectivity index (χ4n) is 3.12. The number of fused-ring (bicyclic) bond motifs is 1. The van der Waals surface area contributed by atoms with Gasteiger partial charge in [-0.15, -0.1) is 0 Å². The van der Waals surface area contributed by atoms with Crippen LogP contribution in [0, 0.1) is 0 Å². The van der Waals surface area contributed by atoms with Crippen LogP contribution in [0.1, 0.15) is 12.5 Å². The molecule has 1 atom stereocenters. The first-order chi connectivity index (χ1) is 11.6. The van der Waals surface area contributed by atoms with Crippen LogP contribution in [0.25, 0.3) is 0 Å². The quantitative estimate of drug-likeness (QED) is 0.917. The molecule has 1 N–H and O–H groups in total. The van der Waals surface area contributed by atoms with Crippen molar-refractivity contribution in [3.05, 3.63) is 48.0 Å². The van der Waals surface area contributed by atoms with Crippen molar-refractivity contribution in [2.45, 2.75) is 19.4 Å². The molecule has 1 aliphatic heterocycles. The van der Waals surface area contributed by atoms with E-state index in [0.717, 1.165) is 12.1 Å². The number of para-hydroxylation sites is 1. The van der Waals surface area contributed by atoms with Gasteiger partial charge in [0.25, 0.3) is 0 Å². The van der Waals surface area contributed by atoms with Crippen molar-refractivity contribution < 1.29 is 14.3 Å². The zero-order chi connectivity index (χ0) is 17.1.